The maximum Gasteiger partial charge on any atom is 0.274 e. The summed E-state index contributed by atoms with van der Waals surface area (Å²) in [6, 6.07) is 7.61. The van der Waals surface area contributed by atoms with E-state index in [2.05, 4.69) is 5.10 Å². The summed E-state index contributed by atoms with van der Waals surface area (Å²) in [5.74, 6) is -0.182. The first-order valence-electron chi connectivity index (χ1n) is 6.19. The molecule has 102 valence electrons. The fourth-order valence-electron chi connectivity index (χ4n) is 2.20. The van der Waals surface area contributed by atoms with Crippen LogP contribution in [0.25, 0.3) is 10.9 Å². The molecule has 0 atom stereocenters. The maximum absolute atomic E-state index is 12.4. The van der Waals surface area contributed by atoms with Crippen molar-refractivity contribution in [2.75, 3.05) is 13.6 Å². The molecule has 5 heteroatoms. The van der Waals surface area contributed by atoms with Gasteiger partial charge in [-0.2, -0.15) is 5.10 Å². The summed E-state index contributed by atoms with van der Waals surface area (Å²) in [6.07, 6.45) is 0. The van der Waals surface area contributed by atoms with Crippen molar-refractivity contribution in [3.05, 3.63) is 30.0 Å². The molecule has 2 aromatic rings. The number of amides is 1. The lowest BCUT2D eigenvalue weighted by Gasteiger charge is -2.25. The Labute approximate surface area is 112 Å². The number of nitrogens with zero attached hydrogens (tertiary/aromatic N) is 3. The number of carbonyl (C=O) groups is 1. The average molecular weight is 261 g/mol. The molecule has 1 amide bonds. The highest BCUT2D eigenvalue weighted by molar-refractivity contribution is 6.04. The number of hydrogen-bond donors (Lipinski definition) is 1. The van der Waals surface area contributed by atoms with Crippen molar-refractivity contribution >= 4 is 16.8 Å². The molecule has 0 unspecified atom stereocenters. The number of carbonyl (C=O) groups excluding carboxylic acids is 1. The predicted octanol–water partition coefficient (Wildman–Crippen LogP) is 1.42. The summed E-state index contributed by atoms with van der Waals surface area (Å²) in [7, 11) is 3.48. The van der Waals surface area contributed by atoms with Crippen molar-refractivity contribution in [1.82, 2.24) is 14.7 Å². The van der Waals surface area contributed by atoms with E-state index < -0.39 is 5.60 Å². The number of aliphatic hydroxyl groups is 1. The molecule has 0 aliphatic rings. The number of rotatable bonds is 3. The quantitative estimate of drug-likeness (QED) is 0.909. The van der Waals surface area contributed by atoms with E-state index in [9.17, 15) is 9.90 Å². The van der Waals surface area contributed by atoms with Crippen LogP contribution in [0.1, 0.15) is 24.3 Å². The fourth-order valence-corrected chi connectivity index (χ4v) is 2.20. The second kappa shape index (κ2) is 4.66. The highest BCUT2D eigenvalue weighted by atomic mass is 16.3. The monoisotopic (exact) mass is 261 g/mol. The number of aryl methyl sites for hydroxylation is 1. The molecule has 2 rings (SSSR count). The second-order valence-corrected chi connectivity index (χ2v) is 5.46. The fraction of sp³-hybridized carbons (Fsp3) is 0.429. The minimum atomic E-state index is -0.922. The van der Waals surface area contributed by atoms with Gasteiger partial charge in [0, 0.05) is 26.0 Å². The highest BCUT2D eigenvalue weighted by Crippen LogP contribution is 2.19. The standard InChI is InChI=1S/C14H19N3O2/c1-14(2,19)9-16(3)13(18)12-10-7-5-6-8-11(10)17(4)15-12/h5-8,19H,9H2,1-4H3. The van der Waals surface area contributed by atoms with Crippen LogP contribution in [0.4, 0.5) is 0 Å². The van der Waals surface area contributed by atoms with Crippen LogP contribution >= 0.6 is 0 Å². The number of benzene rings is 1. The van der Waals surface area contributed by atoms with E-state index in [-0.39, 0.29) is 12.5 Å². The molecule has 5 nitrogen and oxygen atoms in total. The van der Waals surface area contributed by atoms with Gasteiger partial charge in [0.05, 0.1) is 11.1 Å². The van der Waals surface area contributed by atoms with Crippen LogP contribution in [0.3, 0.4) is 0 Å². The Morgan fingerprint density at radius 2 is 2.05 bits per heavy atom. The van der Waals surface area contributed by atoms with Gasteiger partial charge >= 0.3 is 0 Å². The first-order valence-corrected chi connectivity index (χ1v) is 6.19. The molecule has 0 bridgehead atoms. The molecule has 1 aromatic heterocycles. The van der Waals surface area contributed by atoms with E-state index in [1.807, 2.05) is 31.3 Å². The molecule has 0 aliphatic heterocycles. The summed E-state index contributed by atoms with van der Waals surface area (Å²) in [5.41, 5.74) is 0.419. The summed E-state index contributed by atoms with van der Waals surface area (Å²) in [4.78, 5) is 13.9. The number of fused-ring (bicyclic) bond motifs is 1. The lowest BCUT2D eigenvalue weighted by atomic mass is 10.1. The Morgan fingerprint density at radius 1 is 1.42 bits per heavy atom. The lowest BCUT2D eigenvalue weighted by molar-refractivity contribution is 0.0365. The summed E-state index contributed by atoms with van der Waals surface area (Å²) < 4.78 is 1.69. The Bertz CT molecular complexity index is 611. The van der Waals surface area contributed by atoms with Crippen LogP contribution in [-0.4, -0.2) is 44.9 Å². The third kappa shape index (κ3) is 2.76. The highest BCUT2D eigenvalue weighted by Gasteiger charge is 2.23. The van der Waals surface area contributed by atoms with Crippen molar-refractivity contribution in [2.24, 2.45) is 7.05 Å². The lowest BCUT2D eigenvalue weighted by Crippen LogP contribution is -2.39. The van der Waals surface area contributed by atoms with Gasteiger partial charge in [0.1, 0.15) is 0 Å². The van der Waals surface area contributed by atoms with Gasteiger partial charge in [-0.25, -0.2) is 0 Å². The van der Waals surface area contributed by atoms with E-state index in [4.69, 9.17) is 0 Å². The zero-order chi connectivity index (χ0) is 14.2. The number of likely N-dealkylation sites (N-methyl/N-ethyl adjacent to an activating group) is 1. The van der Waals surface area contributed by atoms with Gasteiger partial charge in [-0.1, -0.05) is 18.2 Å². The first-order chi connectivity index (χ1) is 8.79. The third-order valence-corrected chi connectivity index (χ3v) is 2.93. The average Bonchev–Trinajstić information content (AvgIpc) is 2.64. The molecule has 0 fully saturated rings. The van der Waals surface area contributed by atoms with Crippen LogP contribution in [0.5, 0.6) is 0 Å². The van der Waals surface area contributed by atoms with Crippen LogP contribution in [0.15, 0.2) is 24.3 Å². The number of hydrogen-bond acceptors (Lipinski definition) is 3. The van der Waals surface area contributed by atoms with Crippen molar-refractivity contribution in [1.29, 1.82) is 0 Å². The van der Waals surface area contributed by atoms with Gasteiger partial charge in [0.15, 0.2) is 5.69 Å². The molecule has 0 aliphatic carbocycles. The molecule has 1 aromatic carbocycles. The summed E-state index contributed by atoms with van der Waals surface area (Å²) in [6.45, 7) is 3.61. The van der Waals surface area contributed by atoms with Crippen molar-refractivity contribution in [3.8, 4) is 0 Å². The molecular weight excluding hydrogens is 242 g/mol. The maximum atomic E-state index is 12.4. The van der Waals surface area contributed by atoms with Crippen molar-refractivity contribution in [3.63, 3.8) is 0 Å². The first kappa shape index (κ1) is 13.5. The summed E-state index contributed by atoms with van der Waals surface area (Å²) >= 11 is 0. The molecule has 1 N–H and O–H groups in total. The van der Waals surface area contributed by atoms with Gasteiger partial charge in [-0.3, -0.25) is 9.48 Å². The predicted molar refractivity (Wildman–Crippen MR) is 74.0 cm³/mol. The van der Waals surface area contributed by atoms with Crippen molar-refractivity contribution < 1.29 is 9.90 Å². The molecule has 1 heterocycles. The summed E-state index contributed by atoms with van der Waals surface area (Å²) in [5, 5.41) is 14.9. The smallest absolute Gasteiger partial charge is 0.274 e. The number of para-hydroxylation sites is 1. The van der Waals surface area contributed by atoms with Gasteiger partial charge < -0.3 is 10.0 Å². The minimum Gasteiger partial charge on any atom is -0.389 e. The largest absolute Gasteiger partial charge is 0.389 e. The topological polar surface area (TPSA) is 58.4 Å². The Balaban J connectivity index is 2.37. The SMILES string of the molecule is CN(CC(C)(C)O)C(=O)c1nn(C)c2ccccc12. The Hall–Kier alpha value is -1.88. The van der Waals surface area contributed by atoms with Crippen LogP contribution in [-0.2, 0) is 7.05 Å². The Morgan fingerprint density at radius 3 is 2.68 bits per heavy atom. The zero-order valence-electron chi connectivity index (χ0n) is 11.7. The van der Waals surface area contributed by atoms with E-state index in [1.165, 1.54) is 4.90 Å². The third-order valence-electron chi connectivity index (χ3n) is 2.93. The molecular formula is C14H19N3O2. The van der Waals surface area contributed by atoms with Crippen LogP contribution in [0.2, 0.25) is 0 Å². The Kier molecular flexibility index (Phi) is 3.32. The molecule has 0 saturated carbocycles. The molecule has 0 spiro atoms. The minimum absolute atomic E-state index is 0.182. The van der Waals surface area contributed by atoms with Gasteiger partial charge in [0.25, 0.3) is 5.91 Å². The van der Waals surface area contributed by atoms with Crippen LogP contribution in [0, 0.1) is 0 Å². The normalized spacial score (nSPS) is 11.8. The molecule has 0 radical (unpaired) electrons. The number of aromatic nitrogens is 2. The van der Waals surface area contributed by atoms with E-state index in [1.54, 1.807) is 25.6 Å². The molecule has 19 heavy (non-hydrogen) atoms. The van der Waals surface area contributed by atoms with E-state index >= 15 is 0 Å². The van der Waals surface area contributed by atoms with Crippen LogP contribution < -0.4 is 0 Å². The molecule has 0 saturated heterocycles. The second-order valence-electron chi connectivity index (χ2n) is 5.46. The van der Waals surface area contributed by atoms with E-state index in [0.29, 0.717) is 5.69 Å². The van der Waals surface area contributed by atoms with E-state index in [0.717, 1.165) is 10.9 Å². The van der Waals surface area contributed by atoms with Gasteiger partial charge in [-0.15, -0.1) is 0 Å². The van der Waals surface area contributed by atoms with Gasteiger partial charge in [0.2, 0.25) is 0 Å². The van der Waals surface area contributed by atoms with Gasteiger partial charge in [-0.05, 0) is 19.9 Å². The zero-order valence-corrected chi connectivity index (χ0v) is 11.7. The van der Waals surface area contributed by atoms with Crippen molar-refractivity contribution in [2.45, 2.75) is 19.4 Å².